The largest absolute Gasteiger partial charge is 0.465 e. The minimum atomic E-state index is -0.482. The molecule has 1 amide bonds. The van der Waals surface area contributed by atoms with Gasteiger partial charge >= 0.3 is 12.0 Å². The molecule has 1 N–H and O–H groups in total. The predicted molar refractivity (Wildman–Crippen MR) is 89.8 cm³/mol. The van der Waals surface area contributed by atoms with E-state index in [9.17, 15) is 9.18 Å². The first kappa shape index (κ1) is 16.0. The number of imidazole rings is 1. The molecule has 1 heterocycles. The highest BCUT2D eigenvalue weighted by Crippen LogP contribution is 2.23. The molecule has 6 heteroatoms. The lowest BCUT2D eigenvalue weighted by molar-refractivity contribution is 0.236. The van der Waals surface area contributed by atoms with Gasteiger partial charge in [0.15, 0.2) is 5.82 Å². The summed E-state index contributed by atoms with van der Waals surface area (Å²) >= 11 is 0. The molecular weight excluding hydrogens is 309 g/mol. The molecule has 0 spiro atoms. The molecule has 3 aromatic rings. The molecule has 0 radical (unpaired) electrons. The second-order valence-corrected chi connectivity index (χ2v) is 5.24. The lowest BCUT2D eigenvalue weighted by atomic mass is 10.1. The Labute approximate surface area is 139 Å². The van der Waals surface area contributed by atoms with E-state index in [4.69, 9.17) is 4.74 Å². The number of halogens is 1. The number of fused-ring (bicyclic) bond motifs is 1. The monoisotopic (exact) mass is 327 g/mol. The molecule has 0 bridgehead atoms. The van der Waals surface area contributed by atoms with Gasteiger partial charge in [0.2, 0.25) is 0 Å². The number of benzene rings is 2. The van der Waals surface area contributed by atoms with E-state index < -0.39 is 5.82 Å². The van der Waals surface area contributed by atoms with Crippen LogP contribution in [0.5, 0.6) is 6.01 Å². The van der Waals surface area contributed by atoms with Crippen molar-refractivity contribution in [1.82, 2.24) is 14.9 Å². The average Bonchev–Trinajstić information content (AvgIpc) is 2.96. The smallest absolute Gasteiger partial charge is 0.330 e. The first-order chi connectivity index (χ1) is 11.7. The third-order valence-electron chi connectivity index (χ3n) is 3.61. The molecule has 0 aliphatic carbocycles. The van der Waals surface area contributed by atoms with Crippen LogP contribution in [0.3, 0.4) is 0 Å². The number of para-hydroxylation sites is 1. The normalized spacial score (nSPS) is 10.8. The number of carbonyl (C=O) groups is 1. The van der Waals surface area contributed by atoms with Gasteiger partial charge in [-0.15, -0.1) is 0 Å². The van der Waals surface area contributed by atoms with Crippen molar-refractivity contribution in [3.05, 3.63) is 59.9 Å². The number of rotatable bonds is 5. The summed E-state index contributed by atoms with van der Waals surface area (Å²) in [7, 11) is 0. The van der Waals surface area contributed by atoms with Crippen molar-refractivity contribution < 1.29 is 13.9 Å². The van der Waals surface area contributed by atoms with Crippen LogP contribution < -0.4 is 10.1 Å². The van der Waals surface area contributed by atoms with Crippen LogP contribution in [0.15, 0.2) is 48.5 Å². The zero-order chi connectivity index (χ0) is 16.9. The molecule has 3 rings (SSSR count). The highest BCUT2D eigenvalue weighted by atomic mass is 19.1. The molecule has 0 saturated heterocycles. The average molecular weight is 327 g/mol. The van der Waals surface area contributed by atoms with Gasteiger partial charge in [0.05, 0.1) is 12.1 Å². The zero-order valence-corrected chi connectivity index (χ0v) is 13.3. The Bertz CT molecular complexity index is 846. The summed E-state index contributed by atoms with van der Waals surface area (Å²) in [4.78, 5) is 16.6. The van der Waals surface area contributed by atoms with E-state index in [-0.39, 0.29) is 17.6 Å². The van der Waals surface area contributed by atoms with Gasteiger partial charge in [0.25, 0.3) is 0 Å². The summed E-state index contributed by atoms with van der Waals surface area (Å²) in [6, 6.07) is 14.1. The summed E-state index contributed by atoms with van der Waals surface area (Å²) in [5, 5.41) is 2.83. The van der Waals surface area contributed by atoms with Crippen molar-refractivity contribution in [3.8, 4) is 6.01 Å². The van der Waals surface area contributed by atoms with E-state index in [1.807, 2.05) is 30.3 Å². The van der Waals surface area contributed by atoms with Crippen LogP contribution in [-0.2, 0) is 6.42 Å². The minimum absolute atomic E-state index is 0.0924. The van der Waals surface area contributed by atoms with Crippen LogP contribution in [-0.4, -0.2) is 28.7 Å². The Kier molecular flexibility index (Phi) is 4.74. The molecule has 0 fully saturated rings. The van der Waals surface area contributed by atoms with Gasteiger partial charge in [-0.3, -0.25) is 0 Å². The van der Waals surface area contributed by atoms with Crippen LogP contribution in [0.1, 0.15) is 12.5 Å². The van der Waals surface area contributed by atoms with Crippen LogP contribution >= 0.6 is 0 Å². The fraction of sp³-hybridized carbons (Fsp3) is 0.222. The maximum Gasteiger partial charge on any atom is 0.330 e. The van der Waals surface area contributed by atoms with Crippen molar-refractivity contribution >= 4 is 17.1 Å². The van der Waals surface area contributed by atoms with Crippen LogP contribution in [0, 0.1) is 5.82 Å². The standard InChI is InChI=1S/C18H18FN3O2/c1-2-24-18-21-16-14(19)9-6-10-15(16)22(18)17(23)20-12-11-13-7-4-3-5-8-13/h3-10H,2,11-12H2,1H3,(H,20,23). The number of nitrogens with one attached hydrogen (secondary N) is 1. The molecule has 124 valence electrons. The summed E-state index contributed by atoms with van der Waals surface area (Å²) in [6.45, 7) is 2.58. The van der Waals surface area contributed by atoms with Crippen molar-refractivity contribution in [1.29, 1.82) is 0 Å². The molecule has 1 aromatic heterocycles. The number of ether oxygens (including phenoxy) is 1. The summed E-state index contributed by atoms with van der Waals surface area (Å²) in [5.74, 6) is -0.482. The molecule has 0 aliphatic heterocycles. The van der Waals surface area contributed by atoms with Gasteiger partial charge in [0, 0.05) is 6.54 Å². The maximum absolute atomic E-state index is 13.9. The number of hydrogen-bond acceptors (Lipinski definition) is 3. The second kappa shape index (κ2) is 7.12. The van der Waals surface area contributed by atoms with Crippen molar-refractivity contribution in [2.24, 2.45) is 0 Å². The van der Waals surface area contributed by atoms with Gasteiger partial charge in [-0.25, -0.2) is 13.8 Å². The van der Waals surface area contributed by atoms with Gasteiger partial charge < -0.3 is 10.1 Å². The summed E-state index contributed by atoms with van der Waals surface area (Å²) in [5.41, 5.74) is 1.64. The van der Waals surface area contributed by atoms with Crippen LogP contribution in [0.2, 0.25) is 0 Å². The Morgan fingerprint density at radius 2 is 2.00 bits per heavy atom. The SMILES string of the molecule is CCOc1nc2c(F)cccc2n1C(=O)NCCc1ccccc1. The number of nitrogens with zero attached hydrogens (tertiary/aromatic N) is 2. The lowest BCUT2D eigenvalue weighted by Crippen LogP contribution is -2.30. The lowest BCUT2D eigenvalue weighted by Gasteiger charge is -2.09. The maximum atomic E-state index is 13.9. The van der Waals surface area contributed by atoms with E-state index in [0.717, 1.165) is 5.56 Å². The Morgan fingerprint density at radius 3 is 2.75 bits per heavy atom. The summed E-state index contributed by atoms with van der Waals surface area (Å²) < 4.78 is 20.6. The highest BCUT2D eigenvalue weighted by molar-refractivity contribution is 5.91. The Balaban J connectivity index is 1.80. The fourth-order valence-corrected chi connectivity index (χ4v) is 2.50. The fourth-order valence-electron chi connectivity index (χ4n) is 2.50. The number of hydrogen-bond donors (Lipinski definition) is 1. The molecule has 5 nitrogen and oxygen atoms in total. The quantitative estimate of drug-likeness (QED) is 0.781. The molecule has 24 heavy (non-hydrogen) atoms. The van der Waals surface area contributed by atoms with E-state index in [1.165, 1.54) is 10.6 Å². The molecule has 0 saturated carbocycles. The van der Waals surface area contributed by atoms with Gasteiger partial charge in [-0.1, -0.05) is 36.4 Å². The van der Waals surface area contributed by atoms with Gasteiger partial charge in [-0.05, 0) is 31.0 Å². The topological polar surface area (TPSA) is 56.2 Å². The molecule has 0 unspecified atom stereocenters. The first-order valence-corrected chi connectivity index (χ1v) is 7.82. The van der Waals surface area contributed by atoms with Crippen molar-refractivity contribution in [2.45, 2.75) is 13.3 Å². The van der Waals surface area contributed by atoms with Crippen LogP contribution in [0.25, 0.3) is 11.0 Å². The predicted octanol–water partition coefficient (Wildman–Crippen LogP) is 3.37. The Morgan fingerprint density at radius 1 is 1.21 bits per heavy atom. The van der Waals surface area contributed by atoms with Crippen molar-refractivity contribution in [2.75, 3.05) is 13.2 Å². The van der Waals surface area contributed by atoms with E-state index >= 15 is 0 Å². The zero-order valence-electron chi connectivity index (χ0n) is 13.3. The summed E-state index contributed by atoms with van der Waals surface area (Å²) in [6.07, 6.45) is 0.706. The van der Waals surface area contributed by atoms with E-state index in [2.05, 4.69) is 10.3 Å². The number of aromatic nitrogens is 2. The van der Waals surface area contributed by atoms with Crippen LogP contribution in [0.4, 0.5) is 9.18 Å². The minimum Gasteiger partial charge on any atom is -0.465 e. The third-order valence-corrected chi connectivity index (χ3v) is 3.61. The second-order valence-electron chi connectivity index (χ2n) is 5.24. The third kappa shape index (κ3) is 3.22. The highest BCUT2D eigenvalue weighted by Gasteiger charge is 2.19. The van der Waals surface area contributed by atoms with Gasteiger partial charge in [0.1, 0.15) is 5.52 Å². The molecular formula is C18H18FN3O2. The molecule has 0 atom stereocenters. The Hall–Kier alpha value is -2.89. The van der Waals surface area contributed by atoms with E-state index in [1.54, 1.807) is 19.1 Å². The van der Waals surface area contributed by atoms with Gasteiger partial charge in [-0.2, -0.15) is 4.98 Å². The van der Waals surface area contributed by atoms with Crippen molar-refractivity contribution in [3.63, 3.8) is 0 Å². The first-order valence-electron chi connectivity index (χ1n) is 7.82. The number of amides is 1. The molecule has 0 aliphatic rings. The van der Waals surface area contributed by atoms with E-state index in [0.29, 0.717) is 25.1 Å². The number of carbonyl (C=O) groups excluding carboxylic acids is 1. The molecule has 2 aromatic carbocycles.